The number of hydrogen-bond acceptors (Lipinski definition) is 3. The van der Waals surface area contributed by atoms with Crippen LogP contribution in [0.2, 0.25) is 0 Å². The normalized spacial score (nSPS) is 17.0. The molecule has 1 fully saturated rings. The summed E-state index contributed by atoms with van der Waals surface area (Å²) >= 11 is 0. The van der Waals surface area contributed by atoms with Crippen LogP contribution in [0.25, 0.3) is 11.0 Å². The van der Waals surface area contributed by atoms with Crippen LogP contribution in [-0.4, -0.2) is 40.6 Å². The topological polar surface area (TPSA) is 47.4 Å². The number of carbonyl (C=O) groups is 1. The van der Waals surface area contributed by atoms with E-state index in [0.29, 0.717) is 12.5 Å². The van der Waals surface area contributed by atoms with E-state index in [4.69, 9.17) is 4.74 Å². The van der Waals surface area contributed by atoms with Crippen LogP contribution in [-0.2, 0) is 11.2 Å². The minimum Gasteiger partial charge on any atom is -0.497 e. The molecule has 2 aromatic carbocycles. The Hall–Kier alpha value is -2.82. The number of hydrogen-bond donors (Lipinski definition) is 0. The molecule has 1 aromatic heterocycles. The highest BCUT2D eigenvalue weighted by Crippen LogP contribution is 2.26. The van der Waals surface area contributed by atoms with E-state index in [1.165, 1.54) is 0 Å². The van der Waals surface area contributed by atoms with Crippen LogP contribution in [0.5, 0.6) is 5.75 Å². The lowest BCUT2D eigenvalue weighted by Crippen LogP contribution is -2.29. The van der Waals surface area contributed by atoms with Gasteiger partial charge in [0, 0.05) is 19.5 Å². The molecule has 5 nitrogen and oxygen atoms in total. The summed E-state index contributed by atoms with van der Waals surface area (Å²) in [7, 11) is 1.66. The number of para-hydroxylation sites is 2. The summed E-state index contributed by atoms with van der Waals surface area (Å²) in [6.45, 7) is 1.58. The van der Waals surface area contributed by atoms with Crippen LogP contribution < -0.4 is 4.74 Å². The molecule has 0 spiro atoms. The molecule has 2 heterocycles. The molecule has 0 unspecified atom stereocenters. The van der Waals surface area contributed by atoms with E-state index in [1.807, 2.05) is 53.7 Å². The van der Waals surface area contributed by atoms with E-state index in [0.717, 1.165) is 48.3 Å². The van der Waals surface area contributed by atoms with E-state index in [-0.39, 0.29) is 5.91 Å². The van der Waals surface area contributed by atoms with E-state index >= 15 is 0 Å². The van der Waals surface area contributed by atoms with Crippen LogP contribution in [0.15, 0.2) is 54.9 Å². The molecule has 1 aliphatic rings. The van der Waals surface area contributed by atoms with Gasteiger partial charge in [-0.25, -0.2) is 4.98 Å². The molecule has 1 aliphatic heterocycles. The van der Waals surface area contributed by atoms with Gasteiger partial charge in [-0.3, -0.25) is 4.79 Å². The van der Waals surface area contributed by atoms with Crippen molar-refractivity contribution >= 4 is 16.9 Å². The largest absolute Gasteiger partial charge is 0.497 e. The van der Waals surface area contributed by atoms with Crippen molar-refractivity contribution in [2.75, 3.05) is 20.2 Å². The SMILES string of the molecule is COc1ccc(CCC(=O)N2CC[C@H](n3cnc4ccccc43)C2)cc1. The molecule has 0 aliphatic carbocycles. The predicted octanol–water partition coefficient (Wildman–Crippen LogP) is 3.45. The maximum absolute atomic E-state index is 12.6. The summed E-state index contributed by atoms with van der Waals surface area (Å²) in [5.41, 5.74) is 3.32. The van der Waals surface area contributed by atoms with Crippen LogP contribution in [0, 0.1) is 0 Å². The number of carbonyl (C=O) groups excluding carboxylic acids is 1. The maximum Gasteiger partial charge on any atom is 0.222 e. The fraction of sp³-hybridized carbons (Fsp3) is 0.333. The smallest absolute Gasteiger partial charge is 0.222 e. The second-order valence-electron chi connectivity index (χ2n) is 6.77. The van der Waals surface area contributed by atoms with Gasteiger partial charge in [0.15, 0.2) is 0 Å². The average molecular weight is 349 g/mol. The number of imidazole rings is 1. The zero-order valence-electron chi connectivity index (χ0n) is 15.0. The summed E-state index contributed by atoms with van der Waals surface area (Å²) in [5, 5.41) is 0. The van der Waals surface area contributed by atoms with Gasteiger partial charge in [0.1, 0.15) is 5.75 Å². The molecule has 3 aromatic rings. The summed E-state index contributed by atoms with van der Waals surface area (Å²) < 4.78 is 7.39. The molecular weight excluding hydrogens is 326 g/mol. The molecule has 134 valence electrons. The number of likely N-dealkylation sites (tertiary alicyclic amines) is 1. The van der Waals surface area contributed by atoms with Gasteiger partial charge in [0.2, 0.25) is 5.91 Å². The Morgan fingerprint density at radius 1 is 1.19 bits per heavy atom. The first-order valence-corrected chi connectivity index (χ1v) is 9.07. The van der Waals surface area contributed by atoms with Gasteiger partial charge in [0.25, 0.3) is 0 Å². The number of nitrogens with zero attached hydrogens (tertiary/aromatic N) is 3. The summed E-state index contributed by atoms with van der Waals surface area (Å²) in [4.78, 5) is 19.1. The van der Waals surface area contributed by atoms with Crippen LogP contribution >= 0.6 is 0 Å². The number of rotatable bonds is 5. The first kappa shape index (κ1) is 16.6. The molecule has 0 radical (unpaired) electrons. The van der Waals surface area contributed by atoms with E-state index in [9.17, 15) is 4.79 Å². The molecule has 1 atom stereocenters. The maximum atomic E-state index is 12.6. The van der Waals surface area contributed by atoms with Crippen molar-refractivity contribution in [2.45, 2.75) is 25.3 Å². The van der Waals surface area contributed by atoms with Gasteiger partial charge in [0.05, 0.1) is 30.5 Å². The summed E-state index contributed by atoms with van der Waals surface area (Å²) in [6, 6.07) is 16.4. The molecule has 5 heteroatoms. The van der Waals surface area contributed by atoms with Crippen molar-refractivity contribution in [3.8, 4) is 5.75 Å². The minimum atomic E-state index is 0.229. The molecule has 4 rings (SSSR count). The molecule has 1 saturated heterocycles. The lowest BCUT2D eigenvalue weighted by molar-refractivity contribution is -0.130. The lowest BCUT2D eigenvalue weighted by atomic mass is 10.1. The number of amides is 1. The van der Waals surface area contributed by atoms with Crippen molar-refractivity contribution in [2.24, 2.45) is 0 Å². The van der Waals surface area contributed by atoms with Gasteiger partial charge < -0.3 is 14.2 Å². The monoisotopic (exact) mass is 349 g/mol. The second-order valence-corrected chi connectivity index (χ2v) is 6.77. The fourth-order valence-electron chi connectivity index (χ4n) is 3.67. The fourth-order valence-corrected chi connectivity index (χ4v) is 3.67. The third kappa shape index (κ3) is 3.29. The third-order valence-electron chi connectivity index (χ3n) is 5.18. The number of fused-ring (bicyclic) bond motifs is 1. The van der Waals surface area contributed by atoms with Gasteiger partial charge in [-0.2, -0.15) is 0 Å². The third-order valence-corrected chi connectivity index (χ3v) is 5.18. The Kier molecular flexibility index (Phi) is 4.61. The van der Waals surface area contributed by atoms with Crippen molar-refractivity contribution in [3.63, 3.8) is 0 Å². The van der Waals surface area contributed by atoms with Crippen molar-refractivity contribution in [1.29, 1.82) is 0 Å². The Balaban J connectivity index is 1.36. The molecule has 26 heavy (non-hydrogen) atoms. The first-order valence-electron chi connectivity index (χ1n) is 9.07. The van der Waals surface area contributed by atoms with Crippen molar-refractivity contribution < 1.29 is 9.53 Å². The van der Waals surface area contributed by atoms with Gasteiger partial charge in [-0.15, -0.1) is 0 Å². The highest BCUT2D eigenvalue weighted by Gasteiger charge is 2.27. The highest BCUT2D eigenvalue weighted by atomic mass is 16.5. The first-order chi connectivity index (χ1) is 12.7. The Labute approximate surface area is 153 Å². The second kappa shape index (κ2) is 7.20. The zero-order valence-corrected chi connectivity index (χ0v) is 15.0. The van der Waals surface area contributed by atoms with E-state index in [1.54, 1.807) is 7.11 Å². The Bertz CT molecular complexity index is 901. The number of ether oxygens (including phenoxy) is 1. The minimum absolute atomic E-state index is 0.229. The molecule has 0 N–H and O–H groups in total. The summed E-state index contributed by atoms with van der Waals surface area (Å²) in [6.07, 6.45) is 4.19. The number of methoxy groups -OCH3 is 1. The quantitative estimate of drug-likeness (QED) is 0.709. The highest BCUT2D eigenvalue weighted by molar-refractivity contribution is 5.77. The lowest BCUT2D eigenvalue weighted by Gasteiger charge is -2.17. The van der Waals surface area contributed by atoms with E-state index in [2.05, 4.69) is 15.6 Å². The predicted molar refractivity (Wildman–Crippen MR) is 101 cm³/mol. The summed E-state index contributed by atoms with van der Waals surface area (Å²) in [5.74, 6) is 1.07. The van der Waals surface area contributed by atoms with Gasteiger partial charge >= 0.3 is 0 Å². The standard InChI is InChI=1S/C21H23N3O2/c1-26-18-9-6-16(7-10-18)8-11-21(25)23-13-12-17(14-23)24-15-22-19-4-2-3-5-20(19)24/h2-7,9-10,15,17H,8,11-14H2,1H3/t17-/m0/s1. The van der Waals surface area contributed by atoms with E-state index < -0.39 is 0 Å². The van der Waals surface area contributed by atoms with Crippen LogP contribution in [0.4, 0.5) is 0 Å². The average Bonchev–Trinajstić information content (AvgIpc) is 3.33. The van der Waals surface area contributed by atoms with Gasteiger partial charge in [-0.05, 0) is 42.7 Å². The number of aromatic nitrogens is 2. The Morgan fingerprint density at radius 2 is 2.00 bits per heavy atom. The zero-order chi connectivity index (χ0) is 17.9. The molecule has 0 saturated carbocycles. The van der Waals surface area contributed by atoms with Crippen molar-refractivity contribution in [1.82, 2.24) is 14.5 Å². The Morgan fingerprint density at radius 3 is 2.81 bits per heavy atom. The molecular formula is C21H23N3O2. The van der Waals surface area contributed by atoms with Crippen LogP contribution in [0.1, 0.15) is 24.4 Å². The number of benzene rings is 2. The van der Waals surface area contributed by atoms with Gasteiger partial charge in [-0.1, -0.05) is 24.3 Å². The molecule has 1 amide bonds. The molecule has 0 bridgehead atoms. The number of aryl methyl sites for hydroxylation is 1. The van der Waals surface area contributed by atoms with Crippen LogP contribution in [0.3, 0.4) is 0 Å². The van der Waals surface area contributed by atoms with Crippen molar-refractivity contribution in [3.05, 3.63) is 60.4 Å².